The fraction of sp³-hybridized carbons (Fsp3) is 0.250. The van der Waals surface area contributed by atoms with Crippen LogP contribution in [0.2, 0.25) is 0 Å². The molecule has 2 nitrogen and oxygen atoms in total. The van der Waals surface area contributed by atoms with Crippen LogP contribution >= 0.6 is 0 Å². The molecule has 0 fully saturated rings. The Kier molecular flexibility index (Phi) is 1.24. The van der Waals surface area contributed by atoms with Crippen LogP contribution in [-0.4, -0.2) is 6.54 Å². The van der Waals surface area contributed by atoms with Gasteiger partial charge in [0.2, 0.25) is 0 Å². The number of benzene rings is 1. The normalized spacial score (nSPS) is 20.4. The molecule has 0 aliphatic carbocycles. The van der Waals surface area contributed by atoms with Crippen molar-refractivity contribution in [2.24, 2.45) is 0 Å². The minimum atomic E-state index is -1.63. The quantitative estimate of drug-likeness (QED) is 0.569. The van der Waals surface area contributed by atoms with Crippen molar-refractivity contribution in [3.8, 4) is 11.5 Å². The van der Waals surface area contributed by atoms with Crippen LogP contribution in [0.25, 0.3) is 0 Å². The van der Waals surface area contributed by atoms with E-state index in [1.807, 2.05) is 13.0 Å². The molecule has 0 saturated heterocycles. The minimum Gasteiger partial charge on any atom is -0.425 e. The summed E-state index contributed by atoms with van der Waals surface area (Å²) in [6.07, 6.45) is 0. The van der Waals surface area contributed by atoms with E-state index in [9.17, 15) is 4.39 Å². The summed E-state index contributed by atoms with van der Waals surface area (Å²) < 4.78 is 21.9. The summed E-state index contributed by atoms with van der Waals surface area (Å²) in [7, 11) is 0. The number of hydrogen-bond acceptors (Lipinski definition) is 2. The van der Waals surface area contributed by atoms with E-state index < -0.39 is 6.54 Å². The largest absolute Gasteiger partial charge is 0.425 e. The second-order valence-electron chi connectivity index (χ2n) is 2.41. The molecule has 0 saturated carbocycles. The molecule has 1 aliphatic heterocycles. The first-order valence-electron chi connectivity index (χ1n) is 3.34. The van der Waals surface area contributed by atoms with Crippen molar-refractivity contribution in [1.29, 1.82) is 0 Å². The fourth-order valence-electron chi connectivity index (χ4n) is 1.09. The maximum absolute atomic E-state index is 12.5. The SMILES string of the molecule is Cc1cccc2c1OC(F)O2. The summed E-state index contributed by atoms with van der Waals surface area (Å²) >= 11 is 0. The van der Waals surface area contributed by atoms with Crippen LogP contribution in [0.1, 0.15) is 5.56 Å². The molecule has 1 aliphatic rings. The second-order valence-corrected chi connectivity index (χ2v) is 2.41. The lowest BCUT2D eigenvalue weighted by Crippen LogP contribution is -2.09. The van der Waals surface area contributed by atoms with E-state index in [1.165, 1.54) is 0 Å². The molecule has 58 valence electrons. The summed E-state index contributed by atoms with van der Waals surface area (Å²) in [6, 6.07) is 5.33. The van der Waals surface area contributed by atoms with E-state index in [2.05, 4.69) is 0 Å². The van der Waals surface area contributed by atoms with Gasteiger partial charge in [-0.3, -0.25) is 0 Å². The molecule has 1 atom stereocenters. The van der Waals surface area contributed by atoms with Gasteiger partial charge in [-0.15, -0.1) is 0 Å². The van der Waals surface area contributed by atoms with Gasteiger partial charge in [-0.05, 0) is 18.6 Å². The van der Waals surface area contributed by atoms with E-state index >= 15 is 0 Å². The second kappa shape index (κ2) is 2.12. The number of hydrogen-bond donors (Lipinski definition) is 0. The van der Waals surface area contributed by atoms with Gasteiger partial charge in [-0.25, -0.2) is 0 Å². The number of para-hydroxylation sites is 1. The minimum absolute atomic E-state index is 0.484. The molecule has 1 heterocycles. The number of fused-ring (bicyclic) bond motifs is 1. The van der Waals surface area contributed by atoms with Crippen LogP contribution in [0.3, 0.4) is 0 Å². The highest BCUT2D eigenvalue weighted by Crippen LogP contribution is 2.37. The Labute approximate surface area is 63.5 Å². The Balaban J connectivity index is 2.49. The molecule has 0 aromatic heterocycles. The first kappa shape index (κ1) is 6.46. The van der Waals surface area contributed by atoms with Gasteiger partial charge in [0, 0.05) is 0 Å². The molecule has 0 spiro atoms. The van der Waals surface area contributed by atoms with Gasteiger partial charge in [0.15, 0.2) is 11.5 Å². The van der Waals surface area contributed by atoms with Crippen LogP contribution in [-0.2, 0) is 0 Å². The number of ether oxygens (including phenoxy) is 2. The van der Waals surface area contributed by atoms with Crippen molar-refractivity contribution >= 4 is 0 Å². The number of aryl methyl sites for hydroxylation is 1. The van der Waals surface area contributed by atoms with Crippen LogP contribution in [0.5, 0.6) is 11.5 Å². The van der Waals surface area contributed by atoms with Gasteiger partial charge >= 0.3 is 6.54 Å². The summed E-state index contributed by atoms with van der Waals surface area (Å²) in [5, 5.41) is 0. The van der Waals surface area contributed by atoms with Gasteiger partial charge in [0.25, 0.3) is 0 Å². The molecule has 11 heavy (non-hydrogen) atoms. The molecule has 1 unspecified atom stereocenters. The molecular formula is C8H7FO2. The molecule has 0 radical (unpaired) electrons. The number of rotatable bonds is 0. The smallest absolute Gasteiger partial charge is 0.397 e. The van der Waals surface area contributed by atoms with Crippen LogP contribution in [0, 0.1) is 6.92 Å². The van der Waals surface area contributed by atoms with E-state index in [-0.39, 0.29) is 0 Å². The Bertz CT molecular complexity index is 285. The highest BCUT2D eigenvalue weighted by Gasteiger charge is 2.23. The van der Waals surface area contributed by atoms with Crippen molar-refractivity contribution in [1.82, 2.24) is 0 Å². The molecule has 3 heteroatoms. The van der Waals surface area contributed by atoms with Crippen LogP contribution in [0.15, 0.2) is 18.2 Å². The molecule has 1 aromatic carbocycles. The van der Waals surface area contributed by atoms with Gasteiger partial charge in [-0.1, -0.05) is 12.1 Å². The zero-order valence-electron chi connectivity index (χ0n) is 6.00. The summed E-state index contributed by atoms with van der Waals surface area (Å²) in [6.45, 7) is 0.214. The first-order chi connectivity index (χ1) is 5.27. The molecule has 0 N–H and O–H groups in total. The molecule has 2 rings (SSSR count). The average molecular weight is 154 g/mol. The maximum Gasteiger partial charge on any atom is 0.397 e. The number of alkyl halides is 1. The van der Waals surface area contributed by atoms with Gasteiger partial charge in [0.1, 0.15) is 0 Å². The summed E-state index contributed by atoms with van der Waals surface area (Å²) in [4.78, 5) is 0. The van der Waals surface area contributed by atoms with Crippen molar-refractivity contribution < 1.29 is 13.9 Å². The highest BCUT2D eigenvalue weighted by molar-refractivity contribution is 5.47. The summed E-state index contributed by atoms with van der Waals surface area (Å²) in [5.41, 5.74) is 0.891. The van der Waals surface area contributed by atoms with E-state index in [0.717, 1.165) is 5.56 Å². The van der Waals surface area contributed by atoms with Crippen molar-refractivity contribution in [2.75, 3.05) is 0 Å². The van der Waals surface area contributed by atoms with Crippen molar-refractivity contribution in [3.05, 3.63) is 23.8 Å². The predicted molar refractivity (Wildman–Crippen MR) is 37.3 cm³/mol. The lowest BCUT2D eigenvalue weighted by Gasteiger charge is -1.97. The third kappa shape index (κ3) is 0.926. The third-order valence-corrected chi connectivity index (χ3v) is 1.61. The predicted octanol–water partition coefficient (Wildman–Crippen LogP) is 2.02. The Morgan fingerprint density at radius 2 is 2.18 bits per heavy atom. The molecular weight excluding hydrogens is 147 g/mol. The molecule has 0 amide bonds. The highest BCUT2D eigenvalue weighted by atomic mass is 19.2. The molecule has 1 aromatic rings. The van der Waals surface area contributed by atoms with Gasteiger partial charge < -0.3 is 9.47 Å². The third-order valence-electron chi connectivity index (χ3n) is 1.61. The topological polar surface area (TPSA) is 18.5 Å². The standard InChI is InChI=1S/C8H7FO2/c1-5-3-2-4-6-7(5)11-8(9)10-6/h2-4,8H,1H3. The van der Waals surface area contributed by atoms with Crippen LogP contribution < -0.4 is 9.47 Å². The summed E-state index contributed by atoms with van der Waals surface area (Å²) in [5.74, 6) is 0.998. The van der Waals surface area contributed by atoms with Gasteiger partial charge in [-0.2, -0.15) is 4.39 Å². The van der Waals surface area contributed by atoms with Gasteiger partial charge in [0.05, 0.1) is 0 Å². The van der Waals surface area contributed by atoms with E-state index in [1.54, 1.807) is 12.1 Å². The van der Waals surface area contributed by atoms with E-state index in [0.29, 0.717) is 11.5 Å². The Morgan fingerprint density at radius 3 is 2.91 bits per heavy atom. The van der Waals surface area contributed by atoms with Crippen molar-refractivity contribution in [3.63, 3.8) is 0 Å². The van der Waals surface area contributed by atoms with E-state index in [4.69, 9.17) is 9.47 Å². The van der Waals surface area contributed by atoms with Crippen molar-refractivity contribution in [2.45, 2.75) is 13.5 Å². The monoisotopic (exact) mass is 154 g/mol. The lowest BCUT2D eigenvalue weighted by molar-refractivity contribution is -0.0654. The number of halogens is 1. The first-order valence-corrected chi connectivity index (χ1v) is 3.34. The molecule has 0 bridgehead atoms. The fourth-order valence-corrected chi connectivity index (χ4v) is 1.09. The Hall–Kier alpha value is -1.25. The zero-order chi connectivity index (χ0) is 7.84. The van der Waals surface area contributed by atoms with Crippen LogP contribution in [0.4, 0.5) is 4.39 Å². The lowest BCUT2D eigenvalue weighted by atomic mass is 10.2. The average Bonchev–Trinajstić information content (AvgIpc) is 2.31. The zero-order valence-corrected chi connectivity index (χ0v) is 6.00. The maximum atomic E-state index is 12.5. The Morgan fingerprint density at radius 1 is 1.36 bits per heavy atom.